The number of aromatic nitrogens is 2. The number of alkyl halides is 3. The normalized spacial score (nSPS) is 14.0. The number of carbonyl (C=O) groups is 1. The fraction of sp³-hybridized carbons (Fsp3) is 0.258. The Morgan fingerprint density at radius 3 is 2.48 bits per heavy atom. The largest absolute Gasteiger partial charge is 0.435 e. The van der Waals surface area contributed by atoms with E-state index in [1.165, 1.54) is 42.7 Å². The van der Waals surface area contributed by atoms with E-state index in [1.807, 2.05) is 30.3 Å². The molecule has 6 nitrogen and oxygen atoms in total. The van der Waals surface area contributed by atoms with Gasteiger partial charge >= 0.3 is 6.18 Å². The minimum atomic E-state index is -4.75. The maximum Gasteiger partial charge on any atom is 0.435 e. The van der Waals surface area contributed by atoms with Crippen molar-refractivity contribution in [3.63, 3.8) is 0 Å². The molecule has 0 aliphatic heterocycles. The van der Waals surface area contributed by atoms with Gasteiger partial charge in [0, 0.05) is 11.8 Å². The molecule has 1 unspecified atom stereocenters. The van der Waals surface area contributed by atoms with Crippen LogP contribution in [-0.4, -0.2) is 22.2 Å². The van der Waals surface area contributed by atoms with Gasteiger partial charge in [-0.2, -0.15) is 23.5 Å². The summed E-state index contributed by atoms with van der Waals surface area (Å²) in [5.74, 6) is -0.0969. The van der Waals surface area contributed by atoms with Gasteiger partial charge in [-0.25, -0.2) is 4.68 Å². The second-order valence-corrected chi connectivity index (χ2v) is 9.95. The lowest BCUT2D eigenvalue weighted by Crippen LogP contribution is -2.25. The molecule has 1 fully saturated rings. The van der Waals surface area contributed by atoms with Crippen molar-refractivity contribution >= 4 is 11.6 Å². The molecule has 5 rings (SSSR count). The van der Waals surface area contributed by atoms with Gasteiger partial charge in [0.1, 0.15) is 5.69 Å². The molecule has 0 saturated heterocycles. The first-order valence-electron chi connectivity index (χ1n) is 13.2. The van der Waals surface area contributed by atoms with Crippen molar-refractivity contribution in [2.75, 3.05) is 11.9 Å². The Balaban J connectivity index is 1.46. The zero-order chi connectivity index (χ0) is 28.3. The molecule has 1 heterocycles. The van der Waals surface area contributed by atoms with E-state index in [1.54, 1.807) is 6.07 Å². The van der Waals surface area contributed by atoms with Crippen LogP contribution in [0.4, 0.5) is 18.9 Å². The van der Waals surface area contributed by atoms with Crippen LogP contribution in [0.2, 0.25) is 0 Å². The fourth-order valence-electron chi connectivity index (χ4n) is 4.60. The maximum absolute atomic E-state index is 13.6. The molecular weight excluding hydrogens is 515 g/mol. The Morgan fingerprint density at radius 1 is 1.05 bits per heavy atom. The molecule has 0 radical (unpaired) electrons. The molecule has 1 aliphatic carbocycles. The lowest BCUT2D eigenvalue weighted by Gasteiger charge is -2.21. The van der Waals surface area contributed by atoms with Gasteiger partial charge in [-0.05, 0) is 78.7 Å². The van der Waals surface area contributed by atoms with Crippen molar-refractivity contribution in [3.8, 4) is 11.8 Å². The molecule has 9 heteroatoms. The quantitative estimate of drug-likeness (QED) is 0.247. The number of halogens is 3. The average Bonchev–Trinajstić information content (AvgIpc) is 3.66. The summed E-state index contributed by atoms with van der Waals surface area (Å²) < 4.78 is 41.6. The Hall–Kier alpha value is -4.42. The lowest BCUT2D eigenvalue weighted by atomic mass is 9.96. The van der Waals surface area contributed by atoms with Gasteiger partial charge < -0.3 is 10.6 Å². The Labute approximate surface area is 230 Å². The average molecular weight is 544 g/mol. The molecule has 3 aromatic carbocycles. The number of amides is 1. The van der Waals surface area contributed by atoms with Crippen LogP contribution in [0.25, 0.3) is 5.69 Å². The predicted molar refractivity (Wildman–Crippen MR) is 146 cm³/mol. The number of nitrogens with one attached hydrogen (secondary N) is 2. The number of carbonyl (C=O) groups excluding carboxylic acids is 1. The number of anilines is 1. The molecule has 2 N–H and O–H groups in total. The van der Waals surface area contributed by atoms with Crippen LogP contribution < -0.4 is 10.6 Å². The smallest absolute Gasteiger partial charge is 0.321 e. The third-order valence-corrected chi connectivity index (χ3v) is 6.93. The van der Waals surface area contributed by atoms with Gasteiger partial charge in [0.15, 0.2) is 5.69 Å². The summed E-state index contributed by atoms with van der Waals surface area (Å²) >= 11 is 0. The molecule has 1 saturated carbocycles. The number of hydrogen-bond donors (Lipinski definition) is 2. The van der Waals surface area contributed by atoms with E-state index in [-0.39, 0.29) is 23.0 Å². The predicted octanol–water partition coefficient (Wildman–Crippen LogP) is 6.67. The van der Waals surface area contributed by atoms with Crippen LogP contribution in [0.1, 0.15) is 64.2 Å². The highest BCUT2D eigenvalue weighted by Crippen LogP contribution is 2.32. The summed E-state index contributed by atoms with van der Waals surface area (Å²) in [6.45, 7) is 2.98. The highest BCUT2D eigenvalue weighted by molar-refractivity contribution is 6.03. The first kappa shape index (κ1) is 27.2. The van der Waals surface area contributed by atoms with Crippen LogP contribution in [0.5, 0.6) is 0 Å². The highest BCUT2D eigenvalue weighted by atomic mass is 19.4. The third-order valence-electron chi connectivity index (χ3n) is 6.93. The second-order valence-electron chi connectivity index (χ2n) is 9.95. The molecule has 1 atom stereocenters. The zero-order valence-corrected chi connectivity index (χ0v) is 21.9. The molecule has 1 aromatic heterocycles. The molecule has 204 valence electrons. The zero-order valence-electron chi connectivity index (χ0n) is 21.9. The Bertz CT molecular complexity index is 1570. The first-order chi connectivity index (χ1) is 19.2. The molecule has 1 amide bonds. The van der Waals surface area contributed by atoms with Crippen LogP contribution in [-0.2, 0) is 12.6 Å². The SMILES string of the molecule is CCc1cccc(C(NCC2CC2)c2cccc(NC(=O)c3cc(C(F)(F)F)nn3-c3cccc(C#N)c3)c2)c1. The Kier molecular flexibility index (Phi) is 7.71. The minimum Gasteiger partial charge on any atom is -0.321 e. The van der Waals surface area contributed by atoms with Gasteiger partial charge in [0.05, 0.1) is 23.4 Å². The van der Waals surface area contributed by atoms with Crippen molar-refractivity contribution in [2.24, 2.45) is 5.92 Å². The summed E-state index contributed by atoms with van der Waals surface area (Å²) in [5.41, 5.74) is 2.60. The minimum absolute atomic E-state index is 0.111. The summed E-state index contributed by atoms with van der Waals surface area (Å²) in [6, 6.07) is 24.2. The number of nitrogens with zero attached hydrogens (tertiary/aromatic N) is 3. The van der Waals surface area contributed by atoms with Crippen LogP contribution in [0.15, 0.2) is 78.9 Å². The summed E-state index contributed by atoms with van der Waals surface area (Å²) in [4.78, 5) is 13.3. The molecule has 0 spiro atoms. The summed E-state index contributed by atoms with van der Waals surface area (Å²) in [7, 11) is 0. The van der Waals surface area contributed by atoms with E-state index >= 15 is 0 Å². The number of hydrogen-bond acceptors (Lipinski definition) is 4. The van der Waals surface area contributed by atoms with E-state index in [2.05, 4.69) is 40.9 Å². The third kappa shape index (κ3) is 6.24. The van der Waals surface area contributed by atoms with E-state index in [0.717, 1.165) is 28.8 Å². The van der Waals surface area contributed by atoms with Crippen molar-refractivity contribution in [2.45, 2.75) is 38.4 Å². The van der Waals surface area contributed by atoms with Crippen molar-refractivity contribution in [1.29, 1.82) is 5.26 Å². The van der Waals surface area contributed by atoms with Crippen LogP contribution in [0.3, 0.4) is 0 Å². The van der Waals surface area contributed by atoms with E-state index in [0.29, 0.717) is 17.7 Å². The van der Waals surface area contributed by atoms with Crippen LogP contribution in [0, 0.1) is 17.2 Å². The van der Waals surface area contributed by atoms with Gasteiger partial charge in [0.2, 0.25) is 0 Å². The van der Waals surface area contributed by atoms with Gasteiger partial charge in [-0.1, -0.05) is 49.4 Å². The Morgan fingerprint density at radius 2 is 1.77 bits per heavy atom. The maximum atomic E-state index is 13.6. The monoisotopic (exact) mass is 543 g/mol. The van der Waals surface area contributed by atoms with Gasteiger partial charge in [-0.15, -0.1) is 0 Å². The van der Waals surface area contributed by atoms with Crippen molar-refractivity contribution in [1.82, 2.24) is 15.1 Å². The number of benzene rings is 3. The fourth-order valence-corrected chi connectivity index (χ4v) is 4.60. The summed E-state index contributed by atoms with van der Waals surface area (Å²) in [5, 5.41) is 19.3. The molecule has 40 heavy (non-hydrogen) atoms. The van der Waals surface area contributed by atoms with E-state index in [4.69, 9.17) is 0 Å². The van der Waals surface area contributed by atoms with E-state index in [9.17, 15) is 23.2 Å². The van der Waals surface area contributed by atoms with Crippen molar-refractivity contribution < 1.29 is 18.0 Å². The van der Waals surface area contributed by atoms with Gasteiger partial charge in [-0.3, -0.25) is 4.79 Å². The number of nitriles is 1. The first-order valence-corrected chi connectivity index (χ1v) is 13.2. The molecular formula is C31H28F3N5O. The van der Waals surface area contributed by atoms with E-state index < -0.39 is 17.8 Å². The highest BCUT2D eigenvalue weighted by Gasteiger charge is 2.36. The second kappa shape index (κ2) is 11.4. The van der Waals surface area contributed by atoms with Crippen molar-refractivity contribution in [3.05, 3.63) is 113 Å². The standard InChI is InChI=1S/C31H28F3N5O/c1-2-20-6-3-8-23(14-20)29(36-19-21-12-13-21)24-9-5-10-25(16-24)37-30(40)27-17-28(31(32,33)34)38-39(27)26-11-4-7-22(15-26)18-35/h3-11,14-17,21,29,36H,2,12-13,19H2,1H3,(H,37,40). The number of rotatable bonds is 9. The van der Waals surface area contributed by atoms with Crippen LogP contribution >= 0.6 is 0 Å². The molecule has 0 bridgehead atoms. The molecule has 4 aromatic rings. The summed E-state index contributed by atoms with van der Waals surface area (Å²) in [6.07, 6.45) is -1.43. The lowest BCUT2D eigenvalue weighted by molar-refractivity contribution is -0.141. The topological polar surface area (TPSA) is 82.7 Å². The van der Waals surface area contributed by atoms with Gasteiger partial charge in [0.25, 0.3) is 5.91 Å². The molecule has 1 aliphatic rings. The number of aryl methyl sites for hydroxylation is 1.